The topological polar surface area (TPSA) is 92.1 Å². The summed E-state index contributed by atoms with van der Waals surface area (Å²) in [6.07, 6.45) is 4.51. The van der Waals surface area contributed by atoms with Crippen molar-refractivity contribution >= 4 is 11.7 Å². The maximum atomic E-state index is 12.1. The molecule has 0 spiro atoms. The number of nitrogens with one attached hydrogen (secondary N) is 1. The smallest absolute Gasteiger partial charge is 0.220 e. The van der Waals surface area contributed by atoms with E-state index in [0.29, 0.717) is 25.9 Å². The van der Waals surface area contributed by atoms with E-state index in [9.17, 15) is 4.79 Å². The van der Waals surface area contributed by atoms with E-state index in [1.165, 1.54) is 0 Å². The number of piperazine rings is 1. The van der Waals surface area contributed by atoms with Crippen molar-refractivity contribution in [1.29, 1.82) is 0 Å². The quantitative estimate of drug-likeness (QED) is 0.751. The molecule has 1 saturated heterocycles. The van der Waals surface area contributed by atoms with Gasteiger partial charge in [-0.2, -0.15) is 0 Å². The minimum atomic E-state index is 0.0289. The predicted octanol–water partition coefficient (Wildman–Crippen LogP) is -0.0835. The van der Waals surface area contributed by atoms with Gasteiger partial charge in [-0.05, 0) is 30.0 Å². The van der Waals surface area contributed by atoms with Crippen molar-refractivity contribution in [2.24, 2.45) is 0 Å². The maximum absolute atomic E-state index is 12.1. The van der Waals surface area contributed by atoms with Crippen molar-refractivity contribution < 1.29 is 4.79 Å². The fraction of sp³-hybridized carbons (Fsp3) is 0.562. The first-order chi connectivity index (χ1) is 12.2. The fourth-order valence-electron chi connectivity index (χ4n) is 2.84. The lowest BCUT2D eigenvalue weighted by Crippen LogP contribution is -2.45. The second-order valence-electron chi connectivity index (χ2n) is 6.23. The molecule has 1 aliphatic rings. The van der Waals surface area contributed by atoms with Crippen LogP contribution in [0.2, 0.25) is 0 Å². The van der Waals surface area contributed by atoms with Crippen LogP contribution in [-0.4, -0.2) is 69.2 Å². The number of nitrogens with zero attached hydrogens (tertiary/aromatic N) is 7. The summed E-state index contributed by atoms with van der Waals surface area (Å²) in [5.41, 5.74) is 1.06. The molecule has 0 aliphatic carbocycles. The highest BCUT2D eigenvalue weighted by molar-refractivity contribution is 5.76. The number of carbonyl (C=O) groups excluding carboxylic acids is 1. The van der Waals surface area contributed by atoms with Crippen LogP contribution in [0, 0.1) is 0 Å². The van der Waals surface area contributed by atoms with Crippen LogP contribution < -0.4 is 10.2 Å². The van der Waals surface area contributed by atoms with Gasteiger partial charge in [0.05, 0.1) is 0 Å². The fourth-order valence-corrected chi connectivity index (χ4v) is 2.84. The SMILES string of the molecule is CN1CCN(c2ncccc2CNC(=O)CCCn2cnnn2)CC1. The number of carbonyl (C=O) groups is 1. The molecule has 3 rings (SSSR count). The van der Waals surface area contributed by atoms with Gasteiger partial charge in [-0.1, -0.05) is 6.07 Å². The molecule has 0 saturated carbocycles. The minimum Gasteiger partial charge on any atom is -0.354 e. The molecule has 9 heteroatoms. The summed E-state index contributed by atoms with van der Waals surface area (Å²) >= 11 is 0. The molecule has 2 aromatic rings. The first-order valence-corrected chi connectivity index (χ1v) is 8.57. The lowest BCUT2D eigenvalue weighted by Gasteiger charge is -2.34. The molecular formula is C16H24N8O. The van der Waals surface area contributed by atoms with Crippen LogP contribution in [-0.2, 0) is 17.9 Å². The van der Waals surface area contributed by atoms with Gasteiger partial charge in [-0.3, -0.25) is 4.79 Å². The molecule has 0 bridgehead atoms. The number of aromatic nitrogens is 5. The molecule has 25 heavy (non-hydrogen) atoms. The Kier molecular flexibility index (Phi) is 5.89. The van der Waals surface area contributed by atoms with E-state index < -0.39 is 0 Å². The van der Waals surface area contributed by atoms with Gasteiger partial charge < -0.3 is 15.1 Å². The van der Waals surface area contributed by atoms with Crippen LogP contribution >= 0.6 is 0 Å². The van der Waals surface area contributed by atoms with Crippen molar-refractivity contribution in [2.45, 2.75) is 25.9 Å². The molecule has 3 heterocycles. The molecule has 9 nitrogen and oxygen atoms in total. The first-order valence-electron chi connectivity index (χ1n) is 8.57. The lowest BCUT2D eigenvalue weighted by molar-refractivity contribution is -0.121. The summed E-state index contributed by atoms with van der Waals surface area (Å²) < 4.78 is 1.62. The molecule has 1 N–H and O–H groups in total. The standard InChI is InChI=1S/C16H24N8O/c1-22-8-10-23(11-9-22)16-14(4-2-6-17-16)12-18-15(25)5-3-7-24-13-19-20-21-24/h2,4,6,13H,3,5,7-12H2,1H3,(H,18,25). The van der Waals surface area contributed by atoms with Crippen LogP contribution in [0.1, 0.15) is 18.4 Å². The Labute approximate surface area is 147 Å². The summed E-state index contributed by atoms with van der Waals surface area (Å²) in [5.74, 6) is 1.01. The Morgan fingerprint density at radius 1 is 1.28 bits per heavy atom. The number of hydrogen-bond donors (Lipinski definition) is 1. The molecule has 1 aliphatic heterocycles. The van der Waals surface area contributed by atoms with Crippen LogP contribution in [0.4, 0.5) is 5.82 Å². The molecule has 0 unspecified atom stereocenters. The molecule has 0 radical (unpaired) electrons. The van der Waals surface area contributed by atoms with Crippen LogP contribution in [0.3, 0.4) is 0 Å². The van der Waals surface area contributed by atoms with Crippen molar-refractivity contribution in [1.82, 2.24) is 35.4 Å². The monoisotopic (exact) mass is 344 g/mol. The first kappa shape index (κ1) is 17.3. The van der Waals surface area contributed by atoms with Crippen molar-refractivity contribution in [3.8, 4) is 0 Å². The highest BCUT2D eigenvalue weighted by Crippen LogP contribution is 2.18. The zero-order valence-electron chi connectivity index (χ0n) is 14.5. The van der Waals surface area contributed by atoms with E-state index in [1.54, 1.807) is 11.0 Å². The summed E-state index contributed by atoms with van der Waals surface area (Å²) in [7, 11) is 2.13. The number of rotatable bonds is 7. The number of hydrogen-bond acceptors (Lipinski definition) is 7. The van der Waals surface area contributed by atoms with Crippen LogP contribution in [0.15, 0.2) is 24.7 Å². The Balaban J connectivity index is 1.48. The number of anilines is 1. The van der Waals surface area contributed by atoms with E-state index in [2.05, 4.69) is 42.7 Å². The molecular weight excluding hydrogens is 320 g/mol. The van der Waals surface area contributed by atoms with E-state index >= 15 is 0 Å². The zero-order valence-corrected chi connectivity index (χ0v) is 14.5. The molecule has 2 aromatic heterocycles. The predicted molar refractivity (Wildman–Crippen MR) is 92.8 cm³/mol. The highest BCUT2D eigenvalue weighted by atomic mass is 16.1. The average molecular weight is 344 g/mol. The van der Waals surface area contributed by atoms with E-state index in [4.69, 9.17) is 0 Å². The Morgan fingerprint density at radius 2 is 2.12 bits per heavy atom. The van der Waals surface area contributed by atoms with Gasteiger partial charge in [0.15, 0.2) is 0 Å². The van der Waals surface area contributed by atoms with Gasteiger partial charge >= 0.3 is 0 Å². The minimum absolute atomic E-state index is 0.0289. The largest absolute Gasteiger partial charge is 0.354 e. The van der Waals surface area contributed by atoms with Gasteiger partial charge in [-0.15, -0.1) is 5.10 Å². The molecule has 0 atom stereocenters. The zero-order chi connectivity index (χ0) is 17.5. The third-order valence-electron chi connectivity index (χ3n) is 4.33. The number of amides is 1. The normalized spacial score (nSPS) is 15.3. The summed E-state index contributed by atoms with van der Waals surface area (Å²) in [6.45, 7) is 5.11. The van der Waals surface area contributed by atoms with Gasteiger partial charge in [0.2, 0.25) is 5.91 Å². The van der Waals surface area contributed by atoms with Crippen LogP contribution in [0.25, 0.3) is 0 Å². The number of likely N-dealkylation sites (N-methyl/N-ethyl adjacent to an activating group) is 1. The third kappa shape index (κ3) is 4.96. The van der Waals surface area contributed by atoms with Gasteiger partial charge in [-0.25, -0.2) is 9.67 Å². The highest BCUT2D eigenvalue weighted by Gasteiger charge is 2.18. The molecule has 1 amide bonds. The van der Waals surface area contributed by atoms with Crippen molar-refractivity contribution in [2.75, 3.05) is 38.1 Å². The van der Waals surface area contributed by atoms with Crippen molar-refractivity contribution in [3.05, 3.63) is 30.2 Å². The summed E-state index contributed by atoms with van der Waals surface area (Å²) in [6, 6.07) is 3.95. The Morgan fingerprint density at radius 3 is 2.88 bits per heavy atom. The van der Waals surface area contributed by atoms with Crippen molar-refractivity contribution in [3.63, 3.8) is 0 Å². The second kappa shape index (κ2) is 8.52. The number of tetrazole rings is 1. The van der Waals surface area contributed by atoms with Gasteiger partial charge in [0, 0.05) is 57.4 Å². The average Bonchev–Trinajstić information content (AvgIpc) is 3.14. The van der Waals surface area contributed by atoms with Gasteiger partial charge in [0.25, 0.3) is 0 Å². The van der Waals surface area contributed by atoms with E-state index in [0.717, 1.165) is 37.6 Å². The van der Waals surface area contributed by atoms with Gasteiger partial charge in [0.1, 0.15) is 12.1 Å². The lowest BCUT2D eigenvalue weighted by atomic mass is 10.2. The number of pyridine rings is 1. The van der Waals surface area contributed by atoms with E-state index in [1.807, 2.05) is 18.3 Å². The molecule has 0 aromatic carbocycles. The second-order valence-corrected chi connectivity index (χ2v) is 6.23. The third-order valence-corrected chi connectivity index (χ3v) is 4.33. The summed E-state index contributed by atoms with van der Waals surface area (Å²) in [4.78, 5) is 21.2. The van der Waals surface area contributed by atoms with E-state index in [-0.39, 0.29) is 5.91 Å². The molecule has 134 valence electrons. The number of aryl methyl sites for hydroxylation is 1. The Bertz CT molecular complexity index is 667. The molecule has 1 fully saturated rings. The Hall–Kier alpha value is -2.55. The maximum Gasteiger partial charge on any atom is 0.220 e. The summed E-state index contributed by atoms with van der Waals surface area (Å²) in [5, 5.41) is 13.9. The van der Waals surface area contributed by atoms with Crippen LogP contribution in [0.5, 0.6) is 0 Å².